The van der Waals surface area contributed by atoms with Crippen molar-refractivity contribution in [3.63, 3.8) is 0 Å². The molecule has 0 rings (SSSR count). The predicted molar refractivity (Wildman–Crippen MR) is 50.7 cm³/mol. The van der Waals surface area contributed by atoms with Gasteiger partial charge in [-0.05, 0) is 5.41 Å². The monoisotopic (exact) mass is 174 g/mol. The average molecular weight is 174 g/mol. The van der Waals surface area contributed by atoms with Crippen LogP contribution in [0.5, 0.6) is 0 Å². The lowest BCUT2D eigenvalue weighted by Crippen LogP contribution is -2.45. The Labute approximate surface area is 75.6 Å². The van der Waals surface area contributed by atoms with Crippen molar-refractivity contribution in [3.05, 3.63) is 0 Å². The van der Waals surface area contributed by atoms with Gasteiger partial charge in [-0.25, -0.2) is 0 Å². The van der Waals surface area contributed by atoms with Crippen LogP contribution in [0.15, 0.2) is 0 Å². The highest BCUT2D eigenvalue weighted by Crippen LogP contribution is 2.37. The van der Waals surface area contributed by atoms with Gasteiger partial charge in [-0.1, -0.05) is 41.5 Å². The van der Waals surface area contributed by atoms with E-state index in [-0.39, 0.29) is 5.41 Å². The van der Waals surface area contributed by atoms with Gasteiger partial charge in [0.25, 0.3) is 0 Å². The molecule has 0 aliphatic carbocycles. The maximum Gasteiger partial charge on any atom is 0.167 e. The van der Waals surface area contributed by atoms with Gasteiger partial charge in [0.15, 0.2) is 5.79 Å². The summed E-state index contributed by atoms with van der Waals surface area (Å²) in [6.45, 7) is 11.5. The highest BCUT2D eigenvalue weighted by atomic mass is 16.5. The number of hydrogen-bond donors (Lipinski definition) is 2. The van der Waals surface area contributed by atoms with Crippen LogP contribution in [0.3, 0.4) is 0 Å². The van der Waals surface area contributed by atoms with Crippen molar-refractivity contribution in [1.82, 2.24) is 0 Å². The van der Waals surface area contributed by atoms with E-state index in [9.17, 15) is 10.2 Å². The van der Waals surface area contributed by atoms with Crippen molar-refractivity contribution in [3.8, 4) is 0 Å². The largest absolute Gasteiger partial charge is 0.365 e. The molecule has 0 amide bonds. The van der Waals surface area contributed by atoms with Crippen LogP contribution in [0.4, 0.5) is 0 Å². The Balaban J connectivity index is 4.44. The van der Waals surface area contributed by atoms with E-state index in [1.54, 1.807) is 0 Å². The third kappa shape index (κ3) is 3.55. The van der Waals surface area contributed by atoms with Gasteiger partial charge < -0.3 is 10.2 Å². The van der Waals surface area contributed by atoms with Crippen LogP contribution in [0, 0.1) is 10.8 Å². The summed E-state index contributed by atoms with van der Waals surface area (Å²) >= 11 is 0. The van der Waals surface area contributed by atoms with E-state index in [2.05, 4.69) is 0 Å². The predicted octanol–water partition coefficient (Wildman–Crippen LogP) is 2.15. The zero-order valence-corrected chi connectivity index (χ0v) is 9.10. The average Bonchev–Trinajstić information content (AvgIpc) is 1.52. The Morgan fingerprint density at radius 3 is 1.25 bits per heavy atom. The Hall–Kier alpha value is -0.0800. The summed E-state index contributed by atoms with van der Waals surface area (Å²) in [5, 5.41) is 19.5. The zero-order valence-electron chi connectivity index (χ0n) is 9.10. The molecule has 0 aromatic carbocycles. The molecule has 0 bridgehead atoms. The van der Waals surface area contributed by atoms with Gasteiger partial charge in [0, 0.05) is 11.8 Å². The van der Waals surface area contributed by atoms with Crippen LogP contribution in [-0.2, 0) is 0 Å². The lowest BCUT2D eigenvalue weighted by Gasteiger charge is -2.39. The minimum atomic E-state index is -1.58. The molecule has 0 saturated carbocycles. The van der Waals surface area contributed by atoms with E-state index in [1.807, 2.05) is 41.5 Å². The first-order valence-electron chi connectivity index (χ1n) is 4.40. The van der Waals surface area contributed by atoms with Crippen LogP contribution in [-0.4, -0.2) is 16.0 Å². The molecule has 0 aromatic rings. The van der Waals surface area contributed by atoms with Gasteiger partial charge >= 0.3 is 0 Å². The summed E-state index contributed by atoms with van der Waals surface area (Å²) < 4.78 is 0. The molecular weight excluding hydrogens is 152 g/mol. The van der Waals surface area contributed by atoms with Gasteiger partial charge in [0.2, 0.25) is 0 Å². The molecule has 0 aromatic heterocycles. The fourth-order valence-corrected chi connectivity index (χ4v) is 1.00. The van der Waals surface area contributed by atoms with Crippen molar-refractivity contribution in [2.45, 2.75) is 53.8 Å². The molecule has 2 nitrogen and oxygen atoms in total. The summed E-state index contributed by atoms with van der Waals surface area (Å²) in [6.07, 6.45) is 0.392. The molecule has 2 heteroatoms. The second-order valence-corrected chi connectivity index (χ2v) is 5.80. The van der Waals surface area contributed by atoms with Crippen molar-refractivity contribution in [1.29, 1.82) is 0 Å². The molecule has 0 radical (unpaired) electrons. The van der Waals surface area contributed by atoms with E-state index < -0.39 is 11.2 Å². The van der Waals surface area contributed by atoms with E-state index in [0.717, 1.165) is 0 Å². The van der Waals surface area contributed by atoms with Crippen LogP contribution in [0.2, 0.25) is 0 Å². The lowest BCUT2D eigenvalue weighted by atomic mass is 9.76. The lowest BCUT2D eigenvalue weighted by molar-refractivity contribution is -0.243. The normalized spacial score (nSPS) is 15.0. The molecule has 12 heavy (non-hydrogen) atoms. The third-order valence-corrected chi connectivity index (χ3v) is 1.98. The number of aliphatic hydroxyl groups is 2. The third-order valence-electron chi connectivity index (χ3n) is 1.98. The first kappa shape index (κ1) is 11.9. The standard InChI is InChI=1S/C10H22O2/c1-8(2,3)7-10(11,12)9(4,5)6/h11-12H,7H2,1-6H3. The van der Waals surface area contributed by atoms with Crippen molar-refractivity contribution >= 4 is 0 Å². The van der Waals surface area contributed by atoms with E-state index in [1.165, 1.54) is 0 Å². The van der Waals surface area contributed by atoms with Gasteiger partial charge in [0.1, 0.15) is 0 Å². The van der Waals surface area contributed by atoms with Crippen molar-refractivity contribution in [2.75, 3.05) is 0 Å². The zero-order chi connectivity index (χ0) is 10.2. The summed E-state index contributed by atoms with van der Waals surface area (Å²) in [4.78, 5) is 0. The molecule has 0 spiro atoms. The van der Waals surface area contributed by atoms with Crippen molar-refractivity contribution < 1.29 is 10.2 Å². The fraction of sp³-hybridized carbons (Fsp3) is 1.00. The van der Waals surface area contributed by atoms with Gasteiger partial charge in [-0.3, -0.25) is 0 Å². The first-order chi connectivity index (χ1) is 4.96. The van der Waals surface area contributed by atoms with Crippen LogP contribution < -0.4 is 0 Å². The van der Waals surface area contributed by atoms with Crippen LogP contribution in [0.1, 0.15) is 48.0 Å². The Morgan fingerprint density at radius 1 is 0.833 bits per heavy atom. The maximum atomic E-state index is 9.74. The highest BCUT2D eigenvalue weighted by molar-refractivity contribution is 4.84. The van der Waals surface area contributed by atoms with E-state index in [4.69, 9.17) is 0 Å². The topological polar surface area (TPSA) is 40.5 Å². The summed E-state index contributed by atoms with van der Waals surface area (Å²) in [6, 6.07) is 0. The Kier molecular flexibility index (Phi) is 2.98. The molecule has 0 saturated heterocycles. The molecular formula is C10H22O2. The van der Waals surface area contributed by atoms with E-state index in [0.29, 0.717) is 6.42 Å². The molecule has 0 heterocycles. The van der Waals surface area contributed by atoms with Gasteiger partial charge in [-0.15, -0.1) is 0 Å². The summed E-state index contributed by atoms with van der Waals surface area (Å²) in [5.41, 5.74) is -0.545. The molecule has 0 aliphatic heterocycles. The molecule has 0 fully saturated rings. The minimum Gasteiger partial charge on any atom is -0.365 e. The number of rotatable bonds is 1. The van der Waals surface area contributed by atoms with E-state index >= 15 is 0 Å². The van der Waals surface area contributed by atoms with Crippen molar-refractivity contribution in [2.24, 2.45) is 10.8 Å². The number of hydrogen-bond acceptors (Lipinski definition) is 2. The van der Waals surface area contributed by atoms with Crippen LogP contribution in [0.25, 0.3) is 0 Å². The second kappa shape index (κ2) is 3.00. The summed E-state index contributed by atoms with van der Waals surface area (Å²) in [7, 11) is 0. The molecule has 0 unspecified atom stereocenters. The highest BCUT2D eigenvalue weighted by Gasteiger charge is 2.40. The van der Waals surface area contributed by atoms with Gasteiger partial charge in [-0.2, -0.15) is 0 Å². The molecule has 2 N–H and O–H groups in total. The SMILES string of the molecule is CC(C)(C)CC(O)(O)C(C)(C)C. The fourth-order valence-electron chi connectivity index (χ4n) is 1.00. The van der Waals surface area contributed by atoms with Crippen LogP contribution >= 0.6 is 0 Å². The summed E-state index contributed by atoms with van der Waals surface area (Å²) in [5.74, 6) is -1.58. The quantitative estimate of drug-likeness (QED) is 0.598. The first-order valence-corrected chi connectivity index (χ1v) is 4.40. The second-order valence-electron chi connectivity index (χ2n) is 5.80. The van der Waals surface area contributed by atoms with Gasteiger partial charge in [0.05, 0.1) is 0 Å². The molecule has 0 aliphatic rings. The Morgan fingerprint density at radius 2 is 1.17 bits per heavy atom. The smallest absolute Gasteiger partial charge is 0.167 e. The molecule has 74 valence electrons. The molecule has 0 atom stereocenters. The Bertz CT molecular complexity index is 146. The minimum absolute atomic E-state index is 0.0588. The maximum absolute atomic E-state index is 9.74.